The van der Waals surface area contributed by atoms with Crippen molar-refractivity contribution < 1.29 is 18.3 Å². The van der Waals surface area contributed by atoms with Crippen LogP contribution in [0.4, 0.5) is 8.78 Å². The van der Waals surface area contributed by atoms with E-state index in [2.05, 4.69) is 10.1 Å². The van der Waals surface area contributed by atoms with Crippen LogP contribution in [-0.4, -0.2) is 17.1 Å². The van der Waals surface area contributed by atoms with Gasteiger partial charge in [-0.3, -0.25) is 4.79 Å². The number of alkyl halides is 2. The Morgan fingerprint density at radius 1 is 1.24 bits per heavy atom. The van der Waals surface area contributed by atoms with Crippen LogP contribution in [0, 0.1) is 0 Å². The minimum Gasteiger partial charge on any atom is -0.435 e. The maximum atomic E-state index is 12.5. The molecule has 0 aliphatic heterocycles. The van der Waals surface area contributed by atoms with Crippen molar-refractivity contribution in [1.29, 1.82) is 0 Å². The maximum absolute atomic E-state index is 12.5. The summed E-state index contributed by atoms with van der Waals surface area (Å²) < 4.78 is 30.6. The van der Waals surface area contributed by atoms with Gasteiger partial charge in [-0.15, -0.1) is 0 Å². The van der Waals surface area contributed by atoms with Crippen LogP contribution in [0.5, 0.6) is 5.75 Å². The number of carbonyl (C=O) groups is 1. The van der Waals surface area contributed by atoms with Crippen molar-refractivity contribution in [2.75, 3.05) is 0 Å². The first-order valence-corrected chi connectivity index (χ1v) is 7.90. The van der Waals surface area contributed by atoms with E-state index in [1.165, 1.54) is 12.1 Å². The van der Waals surface area contributed by atoms with Crippen LogP contribution in [0.15, 0.2) is 48.5 Å². The molecule has 0 aliphatic carbocycles. The summed E-state index contributed by atoms with van der Waals surface area (Å²) in [7, 11) is 1.76. The van der Waals surface area contributed by atoms with Crippen molar-refractivity contribution in [1.82, 2.24) is 9.88 Å². The fraction of sp³-hybridized carbons (Fsp3) is 0.167. The van der Waals surface area contributed by atoms with Crippen molar-refractivity contribution in [2.45, 2.75) is 13.2 Å². The number of nitrogens with one attached hydrogen (secondary N) is 1. The Kier molecular flexibility index (Phi) is 4.90. The molecule has 0 saturated carbocycles. The first-order valence-electron chi connectivity index (χ1n) is 7.52. The number of para-hydroxylation sites is 1. The van der Waals surface area contributed by atoms with E-state index in [0.29, 0.717) is 16.3 Å². The van der Waals surface area contributed by atoms with E-state index in [-0.39, 0.29) is 18.2 Å². The molecule has 0 aliphatic rings. The second kappa shape index (κ2) is 7.11. The minimum absolute atomic E-state index is 0.0457. The molecule has 1 N–H and O–H groups in total. The molecule has 1 amide bonds. The molecule has 3 aromatic rings. The summed E-state index contributed by atoms with van der Waals surface area (Å²) in [6, 6.07) is 13.6. The summed E-state index contributed by atoms with van der Waals surface area (Å²) in [6.07, 6.45) is 0. The highest BCUT2D eigenvalue weighted by Crippen LogP contribution is 2.29. The van der Waals surface area contributed by atoms with Crippen LogP contribution in [0.3, 0.4) is 0 Å². The average molecular weight is 365 g/mol. The first-order chi connectivity index (χ1) is 12.0. The molecule has 25 heavy (non-hydrogen) atoms. The highest BCUT2D eigenvalue weighted by atomic mass is 35.5. The van der Waals surface area contributed by atoms with E-state index >= 15 is 0 Å². The van der Waals surface area contributed by atoms with Crippen molar-refractivity contribution >= 4 is 28.4 Å². The van der Waals surface area contributed by atoms with Gasteiger partial charge in [0.2, 0.25) is 0 Å². The van der Waals surface area contributed by atoms with E-state index in [1.807, 2.05) is 24.3 Å². The van der Waals surface area contributed by atoms with Gasteiger partial charge in [-0.2, -0.15) is 8.78 Å². The summed E-state index contributed by atoms with van der Waals surface area (Å²) >= 11 is 6.34. The lowest BCUT2D eigenvalue weighted by Crippen LogP contribution is -2.25. The van der Waals surface area contributed by atoms with Gasteiger partial charge in [0.15, 0.2) is 0 Å². The first kappa shape index (κ1) is 17.2. The maximum Gasteiger partial charge on any atom is 0.387 e. The van der Waals surface area contributed by atoms with Gasteiger partial charge in [0, 0.05) is 24.5 Å². The van der Waals surface area contributed by atoms with Gasteiger partial charge < -0.3 is 14.6 Å². The molecule has 3 rings (SSSR count). The third-order valence-corrected chi connectivity index (χ3v) is 4.22. The molecule has 0 saturated heterocycles. The predicted octanol–water partition coefficient (Wildman–Crippen LogP) is 4.36. The number of rotatable bonds is 5. The number of aromatic nitrogens is 1. The Labute approximate surface area is 148 Å². The van der Waals surface area contributed by atoms with Crippen molar-refractivity contribution in [2.24, 2.45) is 7.05 Å². The van der Waals surface area contributed by atoms with Crippen LogP contribution in [0.25, 0.3) is 10.9 Å². The van der Waals surface area contributed by atoms with E-state index in [0.717, 1.165) is 10.9 Å². The lowest BCUT2D eigenvalue weighted by atomic mass is 10.2. The molecular weight excluding hydrogens is 350 g/mol. The molecule has 130 valence electrons. The van der Waals surface area contributed by atoms with E-state index in [9.17, 15) is 13.6 Å². The number of fused-ring (bicyclic) bond motifs is 1. The van der Waals surface area contributed by atoms with E-state index in [4.69, 9.17) is 11.6 Å². The number of hydrogen-bond acceptors (Lipinski definition) is 2. The van der Waals surface area contributed by atoms with Gasteiger partial charge in [0.1, 0.15) is 11.4 Å². The molecule has 1 heterocycles. The summed E-state index contributed by atoms with van der Waals surface area (Å²) in [6.45, 7) is -2.73. The number of amides is 1. The molecule has 0 bridgehead atoms. The van der Waals surface area contributed by atoms with E-state index < -0.39 is 6.61 Å². The Morgan fingerprint density at radius 3 is 2.72 bits per heavy atom. The lowest BCUT2D eigenvalue weighted by Gasteiger charge is -2.09. The molecule has 0 fully saturated rings. The monoisotopic (exact) mass is 364 g/mol. The molecule has 0 atom stereocenters. The molecular formula is C18H15ClF2N2O2. The molecule has 2 aromatic carbocycles. The largest absolute Gasteiger partial charge is 0.435 e. The second-order valence-corrected chi connectivity index (χ2v) is 5.83. The number of carbonyl (C=O) groups excluding carboxylic acids is 1. The Balaban J connectivity index is 1.78. The third-order valence-electron chi connectivity index (χ3n) is 3.84. The van der Waals surface area contributed by atoms with Crippen LogP contribution in [0.2, 0.25) is 5.02 Å². The summed E-state index contributed by atoms with van der Waals surface area (Å²) in [5.41, 5.74) is 1.84. The predicted molar refractivity (Wildman–Crippen MR) is 92.2 cm³/mol. The Hall–Kier alpha value is -2.60. The van der Waals surface area contributed by atoms with E-state index in [1.54, 1.807) is 23.7 Å². The van der Waals surface area contributed by atoms with Gasteiger partial charge in [0.25, 0.3) is 5.91 Å². The zero-order valence-electron chi connectivity index (χ0n) is 13.3. The quantitative estimate of drug-likeness (QED) is 0.730. The Morgan fingerprint density at radius 2 is 2.00 bits per heavy atom. The lowest BCUT2D eigenvalue weighted by molar-refractivity contribution is -0.0498. The topological polar surface area (TPSA) is 43.3 Å². The number of hydrogen-bond donors (Lipinski definition) is 1. The number of nitrogens with zero attached hydrogens (tertiary/aromatic N) is 1. The fourth-order valence-electron chi connectivity index (χ4n) is 2.70. The number of benzene rings is 2. The molecule has 0 spiro atoms. The van der Waals surface area contributed by atoms with Gasteiger partial charge in [0.05, 0.1) is 5.02 Å². The van der Waals surface area contributed by atoms with Crippen LogP contribution in [-0.2, 0) is 13.6 Å². The van der Waals surface area contributed by atoms with Crippen LogP contribution >= 0.6 is 11.6 Å². The standard InChI is InChI=1S/C18H15ClF2N2O2/c1-23-14-8-3-2-7-13(14)15(19)16(23)17(24)22-10-11-5-4-6-12(9-11)25-18(20)21/h2-9,18H,10H2,1H3,(H,22,24). The second-order valence-electron chi connectivity index (χ2n) is 5.45. The van der Waals surface area contributed by atoms with Crippen molar-refractivity contribution in [3.63, 3.8) is 0 Å². The van der Waals surface area contributed by atoms with Crippen LogP contribution in [0.1, 0.15) is 16.1 Å². The van der Waals surface area contributed by atoms with Crippen LogP contribution < -0.4 is 10.1 Å². The summed E-state index contributed by atoms with van der Waals surface area (Å²) in [5, 5.41) is 3.93. The number of aryl methyl sites for hydroxylation is 1. The zero-order valence-corrected chi connectivity index (χ0v) is 14.1. The summed E-state index contributed by atoms with van der Waals surface area (Å²) in [4.78, 5) is 12.5. The fourth-order valence-corrected chi connectivity index (χ4v) is 3.07. The van der Waals surface area contributed by atoms with Crippen molar-refractivity contribution in [3.8, 4) is 5.75 Å². The summed E-state index contributed by atoms with van der Waals surface area (Å²) in [5.74, 6) is -0.298. The number of halogens is 3. The average Bonchev–Trinajstić information content (AvgIpc) is 2.84. The molecule has 0 unspecified atom stereocenters. The SMILES string of the molecule is Cn1c(C(=O)NCc2cccc(OC(F)F)c2)c(Cl)c2ccccc21. The number of ether oxygens (including phenoxy) is 1. The minimum atomic E-state index is -2.89. The molecule has 1 aromatic heterocycles. The molecule has 4 nitrogen and oxygen atoms in total. The highest BCUT2D eigenvalue weighted by molar-refractivity contribution is 6.38. The zero-order chi connectivity index (χ0) is 18.0. The molecule has 7 heteroatoms. The Bertz CT molecular complexity index is 886. The van der Waals surface area contributed by atoms with Crippen molar-refractivity contribution in [3.05, 3.63) is 64.8 Å². The molecule has 0 radical (unpaired) electrons. The smallest absolute Gasteiger partial charge is 0.387 e. The normalized spacial score (nSPS) is 11.1. The van der Waals surface area contributed by atoms with Gasteiger partial charge in [-0.05, 0) is 23.8 Å². The van der Waals surface area contributed by atoms with Gasteiger partial charge in [-0.25, -0.2) is 0 Å². The van der Waals surface area contributed by atoms with Gasteiger partial charge in [-0.1, -0.05) is 41.9 Å². The third kappa shape index (κ3) is 3.58. The van der Waals surface area contributed by atoms with Gasteiger partial charge >= 0.3 is 6.61 Å². The highest BCUT2D eigenvalue weighted by Gasteiger charge is 2.19.